The number of allylic oxidation sites excluding steroid dienone is 1. The minimum atomic E-state index is -0.837. The van der Waals surface area contributed by atoms with Gasteiger partial charge in [-0.1, -0.05) is 60.7 Å². The van der Waals surface area contributed by atoms with Crippen LogP contribution in [-0.2, 0) is 0 Å². The quantitative estimate of drug-likeness (QED) is 0.626. The zero-order valence-electron chi connectivity index (χ0n) is 13.1. The van der Waals surface area contributed by atoms with Gasteiger partial charge in [0.05, 0.1) is 11.6 Å². The Hall–Kier alpha value is -2.75. The molecule has 1 aliphatic rings. The fraction of sp³-hybridized carbons (Fsp3) is 0.211. The highest BCUT2D eigenvalue weighted by Crippen LogP contribution is 2.41. The summed E-state index contributed by atoms with van der Waals surface area (Å²) < 4.78 is 0. The van der Waals surface area contributed by atoms with E-state index in [0.29, 0.717) is 5.71 Å². The summed E-state index contributed by atoms with van der Waals surface area (Å²) in [5.74, 6) is -0.328. The summed E-state index contributed by atoms with van der Waals surface area (Å²) in [5.41, 5.74) is 4.27. The van der Waals surface area contributed by atoms with E-state index < -0.39 is 6.04 Å². The van der Waals surface area contributed by atoms with E-state index in [1.807, 2.05) is 67.6 Å². The van der Waals surface area contributed by atoms with Gasteiger partial charge in [0.15, 0.2) is 0 Å². The largest absolute Gasteiger partial charge is 0.264 e. The minimum absolute atomic E-state index is 0.216. The normalized spacial score (nSPS) is 21.0. The van der Waals surface area contributed by atoms with Crippen LogP contribution in [0, 0.1) is 10.1 Å². The summed E-state index contributed by atoms with van der Waals surface area (Å²) in [5, 5.41) is 11.7. The Morgan fingerprint density at radius 2 is 1.52 bits per heavy atom. The molecule has 0 aliphatic carbocycles. The third kappa shape index (κ3) is 2.80. The van der Waals surface area contributed by atoms with Crippen LogP contribution >= 0.6 is 0 Å². The van der Waals surface area contributed by atoms with Crippen LogP contribution < -0.4 is 0 Å². The van der Waals surface area contributed by atoms with Crippen molar-refractivity contribution in [1.29, 1.82) is 0 Å². The number of nitro groups is 1. The molecule has 2 unspecified atom stereocenters. The summed E-state index contributed by atoms with van der Waals surface area (Å²) >= 11 is 0. The monoisotopic (exact) mass is 306 g/mol. The lowest BCUT2D eigenvalue weighted by molar-refractivity contribution is -0.504. The topological polar surface area (TPSA) is 55.5 Å². The van der Waals surface area contributed by atoms with Crippen LogP contribution in [0.3, 0.4) is 0 Å². The van der Waals surface area contributed by atoms with Gasteiger partial charge in [-0.2, -0.15) is 0 Å². The van der Waals surface area contributed by atoms with E-state index >= 15 is 0 Å². The lowest BCUT2D eigenvalue weighted by atomic mass is 9.77. The van der Waals surface area contributed by atoms with Crippen LogP contribution in [-0.4, -0.2) is 16.7 Å². The standard InChI is InChI=1S/C19H18N2O2/c1-13-17(15-9-5-3-6-10-15)18(16-11-7-4-8-12-16)19(21(22)23)14(2)20-13/h3-12,18-19H,1-2H3. The summed E-state index contributed by atoms with van der Waals surface area (Å²) in [4.78, 5) is 16.0. The van der Waals surface area contributed by atoms with E-state index in [4.69, 9.17) is 0 Å². The summed E-state index contributed by atoms with van der Waals surface area (Å²) in [6, 6.07) is 18.7. The minimum Gasteiger partial charge on any atom is -0.264 e. The maximum Gasteiger partial charge on any atom is 0.261 e. The summed E-state index contributed by atoms with van der Waals surface area (Å²) in [7, 11) is 0. The van der Waals surface area contributed by atoms with Gasteiger partial charge in [0, 0.05) is 10.6 Å². The molecule has 0 radical (unpaired) electrons. The maximum atomic E-state index is 11.7. The zero-order chi connectivity index (χ0) is 16.4. The molecule has 4 heteroatoms. The van der Waals surface area contributed by atoms with Gasteiger partial charge in [-0.15, -0.1) is 0 Å². The van der Waals surface area contributed by atoms with Gasteiger partial charge in [-0.05, 0) is 30.5 Å². The van der Waals surface area contributed by atoms with E-state index in [-0.39, 0.29) is 10.8 Å². The molecule has 0 spiro atoms. The zero-order valence-corrected chi connectivity index (χ0v) is 13.1. The van der Waals surface area contributed by atoms with Crippen LogP contribution in [0.1, 0.15) is 30.9 Å². The molecule has 116 valence electrons. The fourth-order valence-corrected chi connectivity index (χ4v) is 3.30. The SMILES string of the molecule is CC1=NC(C)=C(c2ccccc2)C(c2ccccc2)C1[N+](=O)[O-]. The molecule has 1 heterocycles. The summed E-state index contributed by atoms with van der Waals surface area (Å²) in [6.45, 7) is 3.67. The van der Waals surface area contributed by atoms with Crippen LogP contribution in [0.4, 0.5) is 0 Å². The predicted octanol–water partition coefficient (Wildman–Crippen LogP) is 4.32. The van der Waals surface area contributed by atoms with Crippen molar-refractivity contribution in [3.05, 3.63) is 87.6 Å². The van der Waals surface area contributed by atoms with Crippen LogP contribution in [0.2, 0.25) is 0 Å². The Bertz CT molecular complexity index is 780. The average Bonchev–Trinajstić information content (AvgIpc) is 2.55. The molecule has 0 saturated heterocycles. The van der Waals surface area contributed by atoms with Crippen molar-refractivity contribution in [2.24, 2.45) is 4.99 Å². The molecule has 0 saturated carbocycles. The first kappa shape index (κ1) is 15.2. The highest BCUT2D eigenvalue weighted by molar-refractivity contribution is 5.95. The maximum absolute atomic E-state index is 11.7. The molecule has 0 fully saturated rings. The van der Waals surface area contributed by atoms with Crippen molar-refractivity contribution >= 4 is 11.3 Å². The van der Waals surface area contributed by atoms with Crippen molar-refractivity contribution in [3.63, 3.8) is 0 Å². The molecule has 0 amide bonds. The van der Waals surface area contributed by atoms with Gasteiger partial charge in [0.25, 0.3) is 6.04 Å². The van der Waals surface area contributed by atoms with Gasteiger partial charge in [-0.25, -0.2) is 0 Å². The second-order valence-corrected chi connectivity index (χ2v) is 5.74. The van der Waals surface area contributed by atoms with Crippen LogP contribution in [0.15, 0.2) is 71.4 Å². The van der Waals surface area contributed by atoms with Crippen molar-refractivity contribution in [3.8, 4) is 0 Å². The van der Waals surface area contributed by atoms with E-state index in [0.717, 1.165) is 22.4 Å². The number of hydrogen-bond acceptors (Lipinski definition) is 3. The first-order valence-corrected chi connectivity index (χ1v) is 7.59. The number of aliphatic imine (C=N–C) groups is 1. The van der Waals surface area contributed by atoms with E-state index in [2.05, 4.69) is 4.99 Å². The summed E-state index contributed by atoms with van der Waals surface area (Å²) in [6.07, 6.45) is 0. The van der Waals surface area contributed by atoms with Crippen molar-refractivity contribution < 1.29 is 4.92 Å². The van der Waals surface area contributed by atoms with Crippen molar-refractivity contribution in [2.75, 3.05) is 0 Å². The lowest BCUT2D eigenvalue weighted by Gasteiger charge is -2.29. The molecule has 0 N–H and O–H groups in total. The number of hydrogen-bond donors (Lipinski definition) is 0. The van der Waals surface area contributed by atoms with Crippen molar-refractivity contribution in [2.45, 2.75) is 25.8 Å². The molecule has 2 aromatic rings. The molecule has 2 aromatic carbocycles. The highest BCUT2D eigenvalue weighted by Gasteiger charge is 2.41. The molecule has 2 atom stereocenters. The molecular weight excluding hydrogens is 288 g/mol. The average molecular weight is 306 g/mol. The second-order valence-electron chi connectivity index (χ2n) is 5.74. The third-order valence-electron chi connectivity index (χ3n) is 4.26. The first-order chi connectivity index (χ1) is 11.1. The Morgan fingerprint density at radius 1 is 0.957 bits per heavy atom. The first-order valence-electron chi connectivity index (χ1n) is 7.59. The lowest BCUT2D eigenvalue weighted by Crippen LogP contribution is -2.37. The van der Waals surface area contributed by atoms with E-state index in [1.165, 1.54) is 0 Å². The van der Waals surface area contributed by atoms with E-state index in [1.54, 1.807) is 6.92 Å². The van der Waals surface area contributed by atoms with Gasteiger partial charge in [-0.3, -0.25) is 15.1 Å². The smallest absolute Gasteiger partial charge is 0.261 e. The van der Waals surface area contributed by atoms with Gasteiger partial charge >= 0.3 is 0 Å². The van der Waals surface area contributed by atoms with Gasteiger partial charge < -0.3 is 0 Å². The van der Waals surface area contributed by atoms with Crippen molar-refractivity contribution in [1.82, 2.24) is 0 Å². The molecule has 3 rings (SSSR count). The Kier molecular flexibility index (Phi) is 4.06. The number of benzene rings is 2. The second kappa shape index (κ2) is 6.16. The molecule has 0 aromatic heterocycles. The van der Waals surface area contributed by atoms with Gasteiger partial charge in [0.2, 0.25) is 0 Å². The fourth-order valence-electron chi connectivity index (χ4n) is 3.30. The highest BCUT2D eigenvalue weighted by atomic mass is 16.6. The number of rotatable bonds is 3. The molecule has 0 bridgehead atoms. The molecule has 1 aliphatic heterocycles. The Labute approximate surface area is 135 Å². The molecule has 23 heavy (non-hydrogen) atoms. The molecule has 4 nitrogen and oxygen atoms in total. The third-order valence-corrected chi connectivity index (χ3v) is 4.26. The van der Waals surface area contributed by atoms with Crippen LogP contribution in [0.25, 0.3) is 5.57 Å². The van der Waals surface area contributed by atoms with Gasteiger partial charge in [0.1, 0.15) is 0 Å². The van der Waals surface area contributed by atoms with Crippen LogP contribution in [0.5, 0.6) is 0 Å². The Morgan fingerprint density at radius 3 is 2.09 bits per heavy atom. The number of nitrogens with zero attached hydrogens (tertiary/aromatic N) is 2. The Balaban J connectivity index is 2.23. The molecular formula is C19H18N2O2. The predicted molar refractivity (Wildman–Crippen MR) is 92.1 cm³/mol. The van der Waals surface area contributed by atoms with E-state index in [9.17, 15) is 10.1 Å².